The molecule has 2 fully saturated rings. The zero-order valence-corrected chi connectivity index (χ0v) is 18.2. The Labute approximate surface area is 173 Å². The molecule has 2 aliphatic rings. The number of carbonyl (C=O) groups is 1. The van der Waals surface area contributed by atoms with Crippen LogP contribution in [0.3, 0.4) is 0 Å². The summed E-state index contributed by atoms with van der Waals surface area (Å²) >= 11 is 0. The minimum absolute atomic E-state index is 0.00825. The Balaban J connectivity index is 1.73. The van der Waals surface area contributed by atoms with Gasteiger partial charge in [-0.25, -0.2) is 8.42 Å². The lowest BCUT2D eigenvalue weighted by Gasteiger charge is -2.45. The minimum atomic E-state index is -3.21. The maximum Gasteiger partial charge on any atom is 0.246 e. The molecule has 0 bridgehead atoms. The van der Waals surface area contributed by atoms with Crippen LogP contribution in [-0.4, -0.2) is 44.5 Å². The van der Waals surface area contributed by atoms with Crippen molar-refractivity contribution in [3.05, 3.63) is 59.7 Å². The van der Waals surface area contributed by atoms with Crippen molar-refractivity contribution in [1.82, 2.24) is 0 Å². The number of hydrogen-bond acceptors (Lipinski definition) is 4. The van der Waals surface area contributed by atoms with E-state index in [0.29, 0.717) is 0 Å². The van der Waals surface area contributed by atoms with Crippen molar-refractivity contribution < 1.29 is 13.2 Å². The summed E-state index contributed by atoms with van der Waals surface area (Å²) in [5.41, 5.74) is 3.95. The van der Waals surface area contributed by atoms with E-state index in [4.69, 9.17) is 0 Å². The van der Waals surface area contributed by atoms with Gasteiger partial charge in [0, 0.05) is 11.4 Å². The number of piperazine rings is 1. The highest BCUT2D eigenvalue weighted by Crippen LogP contribution is 2.36. The largest absolute Gasteiger partial charge is 0.356 e. The van der Waals surface area contributed by atoms with Crippen molar-refractivity contribution >= 4 is 27.1 Å². The van der Waals surface area contributed by atoms with Crippen molar-refractivity contribution in [2.24, 2.45) is 0 Å². The summed E-state index contributed by atoms with van der Waals surface area (Å²) in [6.07, 6.45) is 0. The van der Waals surface area contributed by atoms with Gasteiger partial charge in [-0.1, -0.05) is 51.1 Å². The topological polar surface area (TPSA) is 57.7 Å². The van der Waals surface area contributed by atoms with Crippen LogP contribution >= 0.6 is 0 Å². The predicted molar refractivity (Wildman–Crippen MR) is 117 cm³/mol. The third-order valence-electron chi connectivity index (χ3n) is 6.04. The third-order valence-corrected chi connectivity index (χ3v) is 7.74. The smallest absolute Gasteiger partial charge is 0.246 e. The highest BCUT2D eigenvalue weighted by atomic mass is 32.2. The number of fused-ring (bicyclic) bond motifs is 1. The first-order valence-corrected chi connectivity index (χ1v) is 11.8. The van der Waals surface area contributed by atoms with Gasteiger partial charge in [0.25, 0.3) is 0 Å². The lowest BCUT2D eigenvalue weighted by atomic mass is 9.87. The Kier molecular flexibility index (Phi) is 4.73. The Morgan fingerprint density at radius 2 is 1.55 bits per heavy atom. The van der Waals surface area contributed by atoms with E-state index in [1.807, 2.05) is 48.2 Å². The van der Waals surface area contributed by atoms with Crippen LogP contribution < -0.4 is 9.80 Å². The molecule has 2 aromatic carbocycles. The summed E-state index contributed by atoms with van der Waals surface area (Å²) in [6, 6.07) is 15.3. The molecule has 154 valence electrons. The summed E-state index contributed by atoms with van der Waals surface area (Å²) in [6.45, 7) is 8.61. The Morgan fingerprint density at radius 1 is 0.931 bits per heavy atom. The van der Waals surface area contributed by atoms with Gasteiger partial charge >= 0.3 is 0 Å². The van der Waals surface area contributed by atoms with Gasteiger partial charge in [-0.15, -0.1) is 0 Å². The van der Waals surface area contributed by atoms with E-state index in [2.05, 4.69) is 32.9 Å². The molecule has 1 amide bonds. The third kappa shape index (κ3) is 3.66. The van der Waals surface area contributed by atoms with Crippen molar-refractivity contribution in [2.45, 2.75) is 45.2 Å². The van der Waals surface area contributed by atoms with Crippen molar-refractivity contribution in [1.29, 1.82) is 0 Å². The highest BCUT2D eigenvalue weighted by Gasteiger charge is 2.50. The second kappa shape index (κ2) is 6.87. The molecule has 0 aliphatic carbocycles. The normalized spacial score (nSPS) is 23.9. The van der Waals surface area contributed by atoms with E-state index in [-0.39, 0.29) is 41.5 Å². The van der Waals surface area contributed by atoms with E-state index < -0.39 is 9.84 Å². The molecule has 0 unspecified atom stereocenters. The summed E-state index contributed by atoms with van der Waals surface area (Å²) in [4.78, 5) is 16.9. The molecule has 0 saturated carbocycles. The summed E-state index contributed by atoms with van der Waals surface area (Å²) < 4.78 is 25.1. The number of hydrogen-bond donors (Lipinski definition) is 0. The Bertz CT molecular complexity index is 1040. The van der Waals surface area contributed by atoms with E-state index in [0.717, 1.165) is 16.9 Å². The number of para-hydroxylation sites is 1. The summed E-state index contributed by atoms with van der Waals surface area (Å²) in [7, 11) is -3.21. The Hall–Kier alpha value is -2.34. The maximum atomic E-state index is 13.2. The van der Waals surface area contributed by atoms with Crippen molar-refractivity contribution in [3.8, 4) is 0 Å². The molecule has 2 aliphatic heterocycles. The van der Waals surface area contributed by atoms with E-state index in [9.17, 15) is 13.2 Å². The maximum absolute atomic E-state index is 13.2. The number of amides is 1. The second-order valence-corrected chi connectivity index (χ2v) is 11.3. The fourth-order valence-corrected chi connectivity index (χ4v) is 6.41. The Morgan fingerprint density at radius 3 is 2.17 bits per heavy atom. The SMILES string of the molecule is Cc1ccccc1N1C(=O)CN(c2ccc(C(C)(C)C)cc2)[C@H]2CS(=O)(=O)C[C@H]21. The standard InChI is InChI=1S/C23H28N2O3S/c1-16-7-5-6-8-19(16)25-21-15-29(27,28)14-20(21)24(13-22(25)26)18-11-9-17(10-12-18)23(2,3)4/h5-12,20-21H,13-15H2,1-4H3/t20-,21+/m0/s1. The van der Waals surface area contributed by atoms with E-state index >= 15 is 0 Å². The number of nitrogens with zero attached hydrogens (tertiary/aromatic N) is 2. The fourth-order valence-electron chi connectivity index (χ4n) is 4.46. The van der Waals surface area contributed by atoms with E-state index in [1.54, 1.807) is 4.90 Å². The van der Waals surface area contributed by atoms with Gasteiger partial charge in [0.2, 0.25) is 5.91 Å². The lowest BCUT2D eigenvalue weighted by Crippen LogP contribution is -2.62. The van der Waals surface area contributed by atoms with Crippen molar-refractivity contribution in [3.63, 3.8) is 0 Å². The van der Waals surface area contributed by atoms with Crippen LogP contribution in [0.4, 0.5) is 11.4 Å². The number of benzene rings is 2. The van der Waals surface area contributed by atoms with Crippen molar-refractivity contribution in [2.75, 3.05) is 27.9 Å². The second-order valence-electron chi connectivity index (χ2n) is 9.19. The first-order chi connectivity index (χ1) is 13.6. The molecule has 2 heterocycles. The molecule has 2 atom stereocenters. The van der Waals surface area contributed by atoms with Gasteiger partial charge in [-0.3, -0.25) is 4.79 Å². The zero-order valence-electron chi connectivity index (χ0n) is 17.4. The van der Waals surface area contributed by atoms with Crippen LogP contribution in [0.2, 0.25) is 0 Å². The average Bonchev–Trinajstić information content (AvgIpc) is 2.96. The monoisotopic (exact) mass is 412 g/mol. The van der Waals surface area contributed by atoms with Crippen LogP contribution in [0, 0.1) is 6.92 Å². The van der Waals surface area contributed by atoms with Gasteiger partial charge < -0.3 is 9.80 Å². The molecule has 4 rings (SSSR count). The highest BCUT2D eigenvalue weighted by molar-refractivity contribution is 7.91. The summed E-state index contributed by atoms with van der Waals surface area (Å²) in [5.74, 6) is 0.0282. The first-order valence-electron chi connectivity index (χ1n) is 10.0. The minimum Gasteiger partial charge on any atom is -0.356 e. The first kappa shape index (κ1) is 20.0. The molecule has 2 aromatic rings. The van der Waals surface area contributed by atoms with Gasteiger partial charge in [-0.2, -0.15) is 0 Å². The predicted octanol–water partition coefficient (Wildman–Crippen LogP) is 3.31. The molecular weight excluding hydrogens is 384 g/mol. The fraction of sp³-hybridized carbons (Fsp3) is 0.435. The molecule has 2 saturated heterocycles. The number of rotatable bonds is 2. The van der Waals surface area contributed by atoms with Gasteiger partial charge in [-0.05, 0) is 41.7 Å². The van der Waals surface area contributed by atoms with Crippen LogP contribution in [0.1, 0.15) is 31.9 Å². The van der Waals surface area contributed by atoms with Gasteiger partial charge in [0.15, 0.2) is 9.84 Å². The number of aryl methyl sites for hydroxylation is 1. The molecule has 0 N–H and O–H groups in total. The molecule has 0 spiro atoms. The van der Waals surface area contributed by atoms with Crippen LogP contribution in [0.25, 0.3) is 0 Å². The molecular formula is C23H28N2O3S. The quantitative estimate of drug-likeness (QED) is 0.759. The number of anilines is 2. The van der Waals surface area contributed by atoms with Crippen LogP contribution in [-0.2, 0) is 20.0 Å². The average molecular weight is 413 g/mol. The molecule has 0 radical (unpaired) electrons. The van der Waals surface area contributed by atoms with Crippen LogP contribution in [0.5, 0.6) is 0 Å². The van der Waals surface area contributed by atoms with E-state index in [1.165, 1.54) is 5.56 Å². The zero-order chi connectivity index (χ0) is 21.0. The molecule has 6 heteroatoms. The van der Waals surface area contributed by atoms with Crippen LogP contribution in [0.15, 0.2) is 48.5 Å². The lowest BCUT2D eigenvalue weighted by molar-refractivity contribution is -0.118. The summed E-state index contributed by atoms with van der Waals surface area (Å²) in [5, 5.41) is 0. The van der Waals surface area contributed by atoms with Gasteiger partial charge in [0.1, 0.15) is 0 Å². The molecule has 29 heavy (non-hydrogen) atoms. The number of carbonyl (C=O) groups excluding carboxylic acids is 1. The number of sulfone groups is 1. The molecule has 0 aromatic heterocycles. The van der Waals surface area contributed by atoms with Gasteiger partial charge in [0.05, 0.1) is 30.1 Å². The molecule has 5 nitrogen and oxygen atoms in total.